The Labute approximate surface area is 170 Å². The van der Waals surface area contributed by atoms with Crippen LogP contribution in [0, 0.1) is 0 Å². The van der Waals surface area contributed by atoms with Crippen molar-refractivity contribution in [3.8, 4) is 5.75 Å². The number of ether oxygens (including phenoxy) is 2. The number of H-pyrrole nitrogens is 1. The lowest BCUT2D eigenvalue weighted by molar-refractivity contribution is -0.274. The maximum atomic E-state index is 12.7. The molecule has 1 fully saturated rings. The lowest BCUT2D eigenvalue weighted by Gasteiger charge is -2.20. The summed E-state index contributed by atoms with van der Waals surface area (Å²) in [4.78, 5) is 33.3. The molecule has 3 rings (SSSR count). The number of nitrogens with zero attached hydrogens (tertiary/aromatic N) is 2. The molecular weight excluding hydrogens is 405 g/mol. The Bertz CT molecular complexity index is 942. The second-order valence-electron chi connectivity index (χ2n) is 6.89. The molecule has 0 radical (unpaired) electrons. The molecule has 1 heterocycles. The van der Waals surface area contributed by atoms with Crippen molar-refractivity contribution in [2.75, 3.05) is 25.7 Å². The Balaban J connectivity index is 1.76. The molecule has 1 aromatic heterocycles. The summed E-state index contributed by atoms with van der Waals surface area (Å²) in [5, 5.41) is 2.70. The summed E-state index contributed by atoms with van der Waals surface area (Å²) in [6.45, 7) is 0.0588. The summed E-state index contributed by atoms with van der Waals surface area (Å²) in [6.07, 6.45) is -2.82. The molecule has 0 spiro atoms. The predicted octanol–water partition coefficient (Wildman–Crippen LogP) is 2.38. The van der Waals surface area contributed by atoms with Gasteiger partial charge in [0, 0.05) is 26.3 Å². The number of carbonyl (C=O) groups is 1. The van der Waals surface area contributed by atoms with E-state index in [0.717, 1.165) is 31.0 Å². The van der Waals surface area contributed by atoms with E-state index in [4.69, 9.17) is 4.74 Å². The molecule has 30 heavy (non-hydrogen) atoms. The van der Waals surface area contributed by atoms with E-state index in [0.29, 0.717) is 11.5 Å². The largest absolute Gasteiger partial charge is 0.573 e. The lowest BCUT2D eigenvalue weighted by atomic mass is 10.1. The van der Waals surface area contributed by atoms with Crippen LogP contribution in [0.1, 0.15) is 34.9 Å². The number of methoxy groups -OCH3 is 1. The van der Waals surface area contributed by atoms with Gasteiger partial charge in [-0.25, -0.2) is 4.98 Å². The predicted molar refractivity (Wildman–Crippen MR) is 101 cm³/mol. The second kappa shape index (κ2) is 8.74. The van der Waals surface area contributed by atoms with Gasteiger partial charge in [0.25, 0.3) is 11.5 Å². The smallest absolute Gasteiger partial charge is 0.406 e. The zero-order valence-corrected chi connectivity index (χ0v) is 16.3. The van der Waals surface area contributed by atoms with E-state index in [1.807, 2.05) is 4.90 Å². The van der Waals surface area contributed by atoms with E-state index in [-0.39, 0.29) is 24.1 Å². The number of benzene rings is 1. The third-order valence-electron chi connectivity index (χ3n) is 4.55. The Morgan fingerprint density at radius 2 is 2.00 bits per heavy atom. The Hall–Kier alpha value is -3.08. The maximum absolute atomic E-state index is 12.7. The summed E-state index contributed by atoms with van der Waals surface area (Å²) in [7, 11) is 3.21. The molecule has 1 unspecified atom stereocenters. The third-order valence-corrected chi connectivity index (χ3v) is 4.55. The number of hydrogen-bond donors (Lipinski definition) is 2. The highest BCUT2D eigenvalue weighted by molar-refractivity contribution is 5.92. The zero-order valence-electron chi connectivity index (χ0n) is 16.3. The fourth-order valence-corrected chi connectivity index (χ4v) is 2.88. The van der Waals surface area contributed by atoms with Crippen LogP contribution in [-0.2, 0) is 4.74 Å². The number of aromatic nitrogens is 2. The van der Waals surface area contributed by atoms with Crippen LogP contribution in [-0.4, -0.2) is 49.0 Å². The average molecular weight is 426 g/mol. The van der Waals surface area contributed by atoms with Crippen molar-refractivity contribution in [2.45, 2.75) is 31.3 Å². The fourth-order valence-electron chi connectivity index (χ4n) is 2.88. The summed E-state index contributed by atoms with van der Waals surface area (Å²) >= 11 is 0. The van der Waals surface area contributed by atoms with Crippen LogP contribution in [0.2, 0.25) is 0 Å². The van der Waals surface area contributed by atoms with Crippen molar-refractivity contribution in [3.63, 3.8) is 0 Å². The minimum atomic E-state index is -4.79. The number of aromatic amines is 1. The molecule has 8 nitrogen and oxygen atoms in total. The molecule has 0 bridgehead atoms. The first kappa shape index (κ1) is 21.6. The standard InChI is InChI=1S/C19H21F3N4O4/c1-26(12-5-6-12)18-24-14(9-16(27)25-18)17(28)23-15(10-29-2)11-3-7-13(8-4-11)30-19(20,21)22/h3-4,7-9,12,15H,5-6,10H2,1-2H3,(H,23,28)(H,24,25,27). The van der Waals surface area contributed by atoms with Crippen LogP contribution in [0.15, 0.2) is 35.1 Å². The highest BCUT2D eigenvalue weighted by Crippen LogP contribution is 2.28. The molecule has 2 N–H and O–H groups in total. The van der Waals surface area contributed by atoms with Gasteiger partial charge in [0.1, 0.15) is 11.4 Å². The number of hydrogen-bond acceptors (Lipinski definition) is 6. The number of anilines is 1. The van der Waals surface area contributed by atoms with Crippen molar-refractivity contribution >= 4 is 11.9 Å². The molecular formula is C19H21F3N4O4. The highest BCUT2D eigenvalue weighted by atomic mass is 19.4. The van der Waals surface area contributed by atoms with Gasteiger partial charge >= 0.3 is 6.36 Å². The quantitative estimate of drug-likeness (QED) is 0.673. The van der Waals surface area contributed by atoms with Crippen LogP contribution < -0.4 is 20.5 Å². The van der Waals surface area contributed by atoms with Crippen molar-refractivity contribution in [2.24, 2.45) is 0 Å². The van der Waals surface area contributed by atoms with Crippen molar-refractivity contribution in [3.05, 3.63) is 51.9 Å². The first-order valence-corrected chi connectivity index (χ1v) is 9.16. The summed E-state index contributed by atoms with van der Waals surface area (Å²) in [6, 6.07) is 5.77. The maximum Gasteiger partial charge on any atom is 0.573 e. The van der Waals surface area contributed by atoms with Crippen molar-refractivity contribution < 1.29 is 27.4 Å². The van der Waals surface area contributed by atoms with Gasteiger partial charge in [-0.05, 0) is 30.5 Å². The number of carbonyl (C=O) groups excluding carboxylic acids is 1. The summed E-state index contributed by atoms with van der Waals surface area (Å²) in [5.74, 6) is -0.686. The molecule has 162 valence electrons. The molecule has 0 aliphatic heterocycles. The minimum Gasteiger partial charge on any atom is -0.406 e. The van der Waals surface area contributed by atoms with E-state index < -0.39 is 23.9 Å². The van der Waals surface area contributed by atoms with E-state index in [2.05, 4.69) is 20.0 Å². The molecule has 11 heteroatoms. The Morgan fingerprint density at radius 3 is 2.57 bits per heavy atom. The van der Waals surface area contributed by atoms with Crippen molar-refractivity contribution in [1.29, 1.82) is 0 Å². The van der Waals surface area contributed by atoms with Gasteiger partial charge < -0.3 is 19.7 Å². The number of alkyl halides is 3. The van der Waals surface area contributed by atoms with E-state index in [1.165, 1.54) is 19.2 Å². The summed E-state index contributed by atoms with van der Waals surface area (Å²) < 4.78 is 45.9. The van der Waals surface area contributed by atoms with Gasteiger partial charge in [0.15, 0.2) is 0 Å². The average Bonchev–Trinajstić information content (AvgIpc) is 3.51. The summed E-state index contributed by atoms with van der Waals surface area (Å²) in [5.41, 5.74) is -0.0335. The monoisotopic (exact) mass is 426 g/mol. The van der Waals surface area contributed by atoms with Crippen LogP contribution >= 0.6 is 0 Å². The van der Waals surface area contributed by atoms with Crippen LogP contribution in [0.25, 0.3) is 0 Å². The lowest BCUT2D eigenvalue weighted by Crippen LogP contribution is -2.34. The van der Waals surface area contributed by atoms with Crippen LogP contribution in [0.4, 0.5) is 19.1 Å². The minimum absolute atomic E-state index is 0.0588. The zero-order chi connectivity index (χ0) is 21.9. The third kappa shape index (κ3) is 5.72. The van der Waals surface area contributed by atoms with E-state index in [9.17, 15) is 22.8 Å². The first-order valence-electron chi connectivity index (χ1n) is 9.16. The molecule has 2 aromatic rings. The molecule has 1 amide bonds. The van der Waals surface area contributed by atoms with Gasteiger partial charge in [0.2, 0.25) is 5.95 Å². The Morgan fingerprint density at radius 1 is 1.33 bits per heavy atom. The number of nitrogens with one attached hydrogen (secondary N) is 2. The van der Waals surface area contributed by atoms with Crippen LogP contribution in [0.5, 0.6) is 5.75 Å². The van der Waals surface area contributed by atoms with E-state index in [1.54, 1.807) is 7.05 Å². The molecule has 0 saturated heterocycles. The molecule has 1 atom stereocenters. The van der Waals surface area contributed by atoms with Gasteiger partial charge in [-0.3, -0.25) is 14.6 Å². The fraction of sp³-hybridized carbons (Fsp3) is 0.421. The number of amides is 1. The van der Waals surface area contributed by atoms with Gasteiger partial charge in [-0.1, -0.05) is 12.1 Å². The molecule has 1 aromatic carbocycles. The Kier molecular flexibility index (Phi) is 6.30. The molecule has 1 aliphatic carbocycles. The van der Waals surface area contributed by atoms with Gasteiger partial charge in [-0.15, -0.1) is 13.2 Å². The van der Waals surface area contributed by atoms with E-state index >= 15 is 0 Å². The van der Waals surface area contributed by atoms with Gasteiger partial charge in [-0.2, -0.15) is 0 Å². The first-order chi connectivity index (χ1) is 14.2. The molecule has 1 aliphatic rings. The normalized spacial score (nSPS) is 14.8. The van der Waals surface area contributed by atoms with Crippen molar-refractivity contribution in [1.82, 2.24) is 15.3 Å². The topological polar surface area (TPSA) is 96.5 Å². The van der Waals surface area contributed by atoms with Crippen LogP contribution in [0.3, 0.4) is 0 Å². The van der Waals surface area contributed by atoms with Gasteiger partial charge in [0.05, 0.1) is 12.6 Å². The highest BCUT2D eigenvalue weighted by Gasteiger charge is 2.31. The number of halogens is 3. The SMILES string of the molecule is COCC(NC(=O)c1cc(=O)[nH]c(N(C)C2CC2)n1)c1ccc(OC(F)(F)F)cc1. The molecule has 1 saturated carbocycles. The second-order valence-corrected chi connectivity index (χ2v) is 6.89. The number of rotatable bonds is 8.